The SMILES string of the molecule is Nc1ccc(C(=O)Nc2cccc(Nc3ncc(Cl)c(-c4c[nH]c5ccccc45)n3)c2)nc1. The maximum absolute atomic E-state index is 12.4. The minimum Gasteiger partial charge on any atom is -0.397 e. The molecule has 0 radical (unpaired) electrons. The number of hydrogen-bond donors (Lipinski definition) is 4. The lowest BCUT2D eigenvalue weighted by atomic mass is 10.1. The molecule has 0 aliphatic rings. The van der Waals surface area contributed by atoms with Crippen LogP contribution in [0.3, 0.4) is 0 Å². The van der Waals surface area contributed by atoms with E-state index in [2.05, 4.69) is 30.6 Å². The van der Waals surface area contributed by atoms with Gasteiger partial charge in [0, 0.05) is 34.0 Å². The van der Waals surface area contributed by atoms with Gasteiger partial charge in [-0.15, -0.1) is 0 Å². The summed E-state index contributed by atoms with van der Waals surface area (Å²) in [7, 11) is 0. The number of benzene rings is 2. The van der Waals surface area contributed by atoms with Crippen molar-refractivity contribution in [2.75, 3.05) is 16.4 Å². The molecule has 0 spiro atoms. The summed E-state index contributed by atoms with van der Waals surface area (Å²) in [5, 5.41) is 7.45. The van der Waals surface area contributed by atoms with Gasteiger partial charge in [0.25, 0.3) is 5.91 Å². The van der Waals surface area contributed by atoms with Crippen LogP contribution in [0.1, 0.15) is 10.5 Å². The lowest BCUT2D eigenvalue weighted by molar-refractivity contribution is 0.102. The van der Waals surface area contributed by atoms with Crippen LogP contribution in [0.5, 0.6) is 0 Å². The molecule has 33 heavy (non-hydrogen) atoms. The number of aromatic amines is 1. The van der Waals surface area contributed by atoms with Crippen molar-refractivity contribution >= 4 is 51.4 Å². The number of nitrogens with two attached hydrogens (primary N) is 1. The smallest absolute Gasteiger partial charge is 0.274 e. The van der Waals surface area contributed by atoms with Gasteiger partial charge in [0.15, 0.2) is 0 Å². The molecule has 3 aromatic heterocycles. The van der Waals surface area contributed by atoms with Crippen LogP contribution < -0.4 is 16.4 Å². The van der Waals surface area contributed by atoms with Crippen molar-refractivity contribution in [3.8, 4) is 11.3 Å². The van der Waals surface area contributed by atoms with Gasteiger partial charge >= 0.3 is 0 Å². The number of hydrogen-bond acceptors (Lipinski definition) is 6. The van der Waals surface area contributed by atoms with E-state index in [9.17, 15) is 4.79 Å². The number of carbonyl (C=O) groups excluding carboxylic acids is 1. The Morgan fingerprint density at radius 3 is 2.67 bits per heavy atom. The van der Waals surface area contributed by atoms with Gasteiger partial charge in [0.2, 0.25) is 5.95 Å². The van der Waals surface area contributed by atoms with Gasteiger partial charge in [-0.2, -0.15) is 0 Å². The molecule has 0 aliphatic heterocycles. The quantitative estimate of drug-likeness (QED) is 0.287. The zero-order chi connectivity index (χ0) is 22.8. The Hall–Kier alpha value is -4.43. The molecule has 5 aromatic rings. The van der Waals surface area contributed by atoms with E-state index in [0.29, 0.717) is 33.7 Å². The predicted octanol–water partition coefficient (Wildman–Crippen LogP) is 5.25. The van der Waals surface area contributed by atoms with Gasteiger partial charge in [-0.25, -0.2) is 15.0 Å². The normalized spacial score (nSPS) is 10.8. The van der Waals surface area contributed by atoms with Crippen molar-refractivity contribution in [1.29, 1.82) is 0 Å². The maximum Gasteiger partial charge on any atom is 0.274 e. The van der Waals surface area contributed by atoms with Gasteiger partial charge in [-0.3, -0.25) is 4.79 Å². The predicted molar refractivity (Wildman–Crippen MR) is 131 cm³/mol. The molecule has 0 bridgehead atoms. The summed E-state index contributed by atoms with van der Waals surface area (Å²) in [5.41, 5.74) is 10.2. The number of nitrogen functional groups attached to an aromatic ring is 1. The van der Waals surface area contributed by atoms with Crippen LogP contribution in [0.4, 0.5) is 23.0 Å². The number of rotatable bonds is 5. The van der Waals surface area contributed by atoms with Crippen molar-refractivity contribution in [2.24, 2.45) is 0 Å². The summed E-state index contributed by atoms with van der Waals surface area (Å²) in [6.07, 6.45) is 4.88. The van der Waals surface area contributed by atoms with Crippen LogP contribution >= 0.6 is 11.6 Å². The number of amides is 1. The molecule has 0 unspecified atom stereocenters. The molecule has 5 rings (SSSR count). The molecule has 8 nitrogen and oxygen atoms in total. The maximum atomic E-state index is 12.4. The van der Waals surface area contributed by atoms with Crippen LogP contribution in [0.2, 0.25) is 5.02 Å². The number of pyridine rings is 1. The molecule has 3 heterocycles. The topological polar surface area (TPSA) is 122 Å². The number of anilines is 4. The first kappa shape index (κ1) is 20.5. The third-order valence-corrected chi connectivity index (χ3v) is 5.26. The molecule has 5 N–H and O–H groups in total. The summed E-state index contributed by atoms with van der Waals surface area (Å²) in [5.74, 6) is 0.0415. The minimum absolute atomic E-state index is 0.270. The van der Waals surface area contributed by atoms with Crippen molar-refractivity contribution < 1.29 is 4.79 Å². The molecule has 1 amide bonds. The molecule has 0 atom stereocenters. The Balaban J connectivity index is 1.38. The highest BCUT2D eigenvalue weighted by Crippen LogP contribution is 2.32. The van der Waals surface area contributed by atoms with E-state index in [1.54, 1.807) is 30.5 Å². The molecular formula is C24H18ClN7O. The highest BCUT2D eigenvalue weighted by molar-refractivity contribution is 6.33. The fourth-order valence-corrected chi connectivity index (χ4v) is 3.62. The van der Waals surface area contributed by atoms with Gasteiger partial charge < -0.3 is 21.4 Å². The first-order chi connectivity index (χ1) is 16.1. The van der Waals surface area contributed by atoms with Crippen molar-refractivity contribution in [3.63, 3.8) is 0 Å². The van der Waals surface area contributed by atoms with E-state index in [1.165, 1.54) is 6.20 Å². The zero-order valence-electron chi connectivity index (χ0n) is 17.2. The van der Waals surface area contributed by atoms with E-state index in [0.717, 1.165) is 16.5 Å². The van der Waals surface area contributed by atoms with Crippen LogP contribution in [0, 0.1) is 0 Å². The lowest BCUT2D eigenvalue weighted by Crippen LogP contribution is -2.13. The minimum atomic E-state index is -0.337. The molecule has 0 saturated carbocycles. The van der Waals surface area contributed by atoms with Gasteiger partial charge in [0.1, 0.15) is 5.69 Å². The van der Waals surface area contributed by atoms with Crippen LogP contribution in [0.15, 0.2) is 79.3 Å². The van der Waals surface area contributed by atoms with Crippen LogP contribution in [-0.4, -0.2) is 25.8 Å². The fourth-order valence-electron chi connectivity index (χ4n) is 3.42. The Labute approximate surface area is 193 Å². The summed E-state index contributed by atoms with van der Waals surface area (Å²) in [4.78, 5) is 28.6. The molecule has 0 saturated heterocycles. The first-order valence-electron chi connectivity index (χ1n) is 10.1. The highest BCUT2D eigenvalue weighted by Gasteiger charge is 2.13. The largest absolute Gasteiger partial charge is 0.397 e. The van der Waals surface area contributed by atoms with E-state index in [1.807, 2.05) is 42.6 Å². The Bertz CT molecular complexity index is 1460. The monoisotopic (exact) mass is 455 g/mol. The summed E-state index contributed by atoms with van der Waals surface area (Å²) >= 11 is 6.41. The van der Waals surface area contributed by atoms with Crippen molar-refractivity contribution in [2.45, 2.75) is 0 Å². The van der Waals surface area contributed by atoms with E-state index in [-0.39, 0.29) is 11.6 Å². The molecule has 162 valence electrons. The van der Waals surface area contributed by atoms with Crippen LogP contribution in [0.25, 0.3) is 22.2 Å². The van der Waals surface area contributed by atoms with E-state index in [4.69, 9.17) is 17.3 Å². The zero-order valence-corrected chi connectivity index (χ0v) is 18.0. The number of aromatic nitrogens is 4. The summed E-state index contributed by atoms with van der Waals surface area (Å²) < 4.78 is 0. The number of H-pyrrole nitrogens is 1. The van der Waals surface area contributed by atoms with Crippen molar-refractivity contribution in [3.05, 3.63) is 90.0 Å². The Morgan fingerprint density at radius 2 is 1.82 bits per heavy atom. The number of fused-ring (bicyclic) bond motifs is 1. The standard InChI is InChI=1S/C24H18ClN7O/c25-19-13-29-24(32-22(19)18-12-28-20-7-2-1-6-17(18)20)31-16-5-3-4-15(10-16)30-23(33)21-9-8-14(26)11-27-21/h1-13,28H,26H2,(H,30,33)(H,29,31,32). The number of para-hydroxylation sites is 1. The molecule has 0 aliphatic carbocycles. The molecule has 0 fully saturated rings. The lowest BCUT2D eigenvalue weighted by Gasteiger charge is -2.10. The summed E-state index contributed by atoms with van der Waals surface area (Å²) in [6.45, 7) is 0. The van der Waals surface area contributed by atoms with E-state index >= 15 is 0 Å². The van der Waals surface area contributed by atoms with Crippen molar-refractivity contribution in [1.82, 2.24) is 19.9 Å². The Kier molecular flexibility index (Phi) is 5.34. The van der Waals surface area contributed by atoms with Gasteiger partial charge in [-0.1, -0.05) is 35.9 Å². The number of halogens is 1. The number of nitrogens with one attached hydrogen (secondary N) is 3. The number of carbonyl (C=O) groups is 1. The highest BCUT2D eigenvalue weighted by atomic mass is 35.5. The van der Waals surface area contributed by atoms with Gasteiger partial charge in [-0.05, 0) is 36.4 Å². The van der Waals surface area contributed by atoms with Crippen LogP contribution in [-0.2, 0) is 0 Å². The third-order valence-electron chi connectivity index (χ3n) is 4.98. The Morgan fingerprint density at radius 1 is 0.970 bits per heavy atom. The van der Waals surface area contributed by atoms with Gasteiger partial charge in [0.05, 0.1) is 28.8 Å². The summed E-state index contributed by atoms with van der Waals surface area (Å²) in [6, 6.07) is 18.3. The second kappa shape index (κ2) is 8.60. The molecular weight excluding hydrogens is 438 g/mol. The van der Waals surface area contributed by atoms with E-state index < -0.39 is 0 Å². The fraction of sp³-hybridized carbons (Fsp3) is 0. The third kappa shape index (κ3) is 4.32. The average molecular weight is 456 g/mol. The first-order valence-corrected chi connectivity index (χ1v) is 10.4. The average Bonchev–Trinajstić information content (AvgIpc) is 3.25. The number of nitrogens with zero attached hydrogens (tertiary/aromatic N) is 3. The molecule has 2 aromatic carbocycles. The second-order valence-corrected chi connectivity index (χ2v) is 7.68. The second-order valence-electron chi connectivity index (χ2n) is 7.27. The molecule has 9 heteroatoms.